The average Bonchev–Trinajstić information content (AvgIpc) is 2.93. The van der Waals surface area contributed by atoms with Crippen LogP contribution in [-0.2, 0) is 6.42 Å². The number of rotatable bonds is 8. The Morgan fingerprint density at radius 1 is 1.14 bits per heavy atom. The Morgan fingerprint density at radius 3 is 2.44 bits per heavy atom. The van der Waals surface area contributed by atoms with Gasteiger partial charge in [-0.3, -0.25) is 9.36 Å². The third-order valence-corrected chi connectivity index (χ3v) is 8.44. The number of aromatic nitrogens is 3. The lowest BCUT2D eigenvalue weighted by molar-refractivity contribution is -0.0384. The first-order valence-corrected chi connectivity index (χ1v) is 14.6. The summed E-state index contributed by atoms with van der Waals surface area (Å²) in [6.07, 6.45) is 1.33. The van der Waals surface area contributed by atoms with Crippen LogP contribution in [0.1, 0.15) is 79.6 Å². The Morgan fingerprint density at radius 2 is 1.81 bits per heavy atom. The van der Waals surface area contributed by atoms with Crippen molar-refractivity contribution in [3.8, 4) is 5.69 Å². The number of nitrogens with zero attached hydrogens (tertiary/aromatic N) is 3. The van der Waals surface area contributed by atoms with Crippen molar-refractivity contribution < 1.29 is 17.6 Å². The lowest BCUT2D eigenvalue weighted by atomic mass is 9.84. The molecule has 5 rings (SSSR count). The summed E-state index contributed by atoms with van der Waals surface area (Å²) in [5.41, 5.74) is 2.68. The van der Waals surface area contributed by atoms with Gasteiger partial charge in [-0.1, -0.05) is 18.5 Å². The second-order valence-electron chi connectivity index (χ2n) is 11.2. The molecule has 0 saturated heterocycles. The van der Waals surface area contributed by atoms with E-state index in [4.69, 9.17) is 27.0 Å². The smallest absolute Gasteiger partial charge is 0.269 e. The van der Waals surface area contributed by atoms with Gasteiger partial charge in [-0.15, -0.1) is 0 Å². The zero-order chi connectivity index (χ0) is 31.1. The van der Waals surface area contributed by atoms with Crippen molar-refractivity contribution in [1.29, 1.82) is 5.41 Å². The van der Waals surface area contributed by atoms with Crippen molar-refractivity contribution in [2.75, 3.05) is 11.9 Å². The summed E-state index contributed by atoms with van der Waals surface area (Å²) in [4.78, 5) is 24.1. The zero-order valence-electron chi connectivity index (χ0n) is 24.1. The summed E-state index contributed by atoms with van der Waals surface area (Å²) < 4.78 is 57.4. The van der Waals surface area contributed by atoms with E-state index in [1.807, 2.05) is 6.92 Å². The van der Waals surface area contributed by atoms with E-state index in [1.54, 1.807) is 32.0 Å². The highest BCUT2D eigenvalue weighted by atomic mass is 35.5. The van der Waals surface area contributed by atoms with Crippen LogP contribution in [0.25, 0.3) is 16.7 Å². The maximum Gasteiger partial charge on any atom is 0.269 e. The van der Waals surface area contributed by atoms with E-state index in [2.05, 4.69) is 5.32 Å². The number of anilines is 1. The third kappa shape index (κ3) is 6.16. The zero-order valence-corrected chi connectivity index (χ0v) is 24.8. The van der Waals surface area contributed by atoms with Crippen LogP contribution in [0, 0.1) is 24.0 Å². The average molecular weight is 614 g/mol. The maximum absolute atomic E-state index is 14.5. The van der Waals surface area contributed by atoms with Crippen molar-refractivity contribution in [3.05, 3.63) is 91.6 Å². The molecule has 43 heavy (non-hydrogen) atoms. The van der Waals surface area contributed by atoms with Crippen molar-refractivity contribution in [2.24, 2.45) is 0 Å². The highest BCUT2D eigenvalue weighted by Gasteiger charge is 2.36. The summed E-state index contributed by atoms with van der Waals surface area (Å²) >= 11 is 6.35. The molecule has 2 heterocycles. The van der Waals surface area contributed by atoms with Gasteiger partial charge in [-0.05, 0) is 74.6 Å². The normalized spacial score (nSPS) is 15.9. The molecule has 0 aliphatic heterocycles. The van der Waals surface area contributed by atoms with Crippen LogP contribution >= 0.6 is 11.6 Å². The van der Waals surface area contributed by atoms with Crippen LogP contribution in [0.2, 0.25) is 5.02 Å². The molecule has 2 aromatic heterocycles. The number of nitrogens with one attached hydrogen (secondary N) is 2. The van der Waals surface area contributed by atoms with Crippen molar-refractivity contribution in [3.63, 3.8) is 0 Å². The van der Waals surface area contributed by atoms with E-state index < -0.39 is 29.0 Å². The molecule has 1 aliphatic rings. The van der Waals surface area contributed by atoms with Gasteiger partial charge in [0.05, 0.1) is 11.4 Å². The number of benzene rings is 2. The molecular weight excluding hydrogens is 582 g/mol. The second-order valence-corrected chi connectivity index (χ2v) is 11.6. The molecular formula is C32H32ClF4N5O. The molecule has 0 radical (unpaired) electrons. The first-order valence-electron chi connectivity index (χ1n) is 14.3. The van der Waals surface area contributed by atoms with Gasteiger partial charge in [0.1, 0.15) is 22.8 Å². The molecule has 2 aromatic carbocycles. The largest absolute Gasteiger partial charge is 0.385 e. The Balaban J connectivity index is 1.76. The third-order valence-electron chi connectivity index (χ3n) is 8.11. The van der Waals surface area contributed by atoms with Crippen molar-refractivity contribution in [1.82, 2.24) is 14.5 Å². The predicted molar refractivity (Wildman–Crippen MR) is 162 cm³/mol. The SMILES string of the molecule is CCNc1cc(C2CCC(F)(F)CC2)nc2nc([C@@H](C)Cc3cc(F)cc(F)c3)n(-c3ccc(Cl)c(C=N)c3C)c(=O)c12. The number of halogens is 5. The summed E-state index contributed by atoms with van der Waals surface area (Å²) in [6, 6.07) is 8.30. The number of hydrogen-bond donors (Lipinski definition) is 2. The van der Waals surface area contributed by atoms with Crippen LogP contribution in [0.3, 0.4) is 0 Å². The van der Waals surface area contributed by atoms with Gasteiger partial charge in [0.2, 0.25) is 5.92 Å². The van der Waals surface area contributed by atoms with Gasteiger partial charge in [-0.25, -0.2) is 27.5 Å². The number of fused-ring (bicyclic) bond motifs is 1. The van der Waals surface area contributed by atoms with Crippen LogP contribution in [0.4, 0.5) is 23.2 Å². The van der Waals surface area contributed by atoms with E-state index in [-0.39, 0.29) is 49.1 Å². The first kappa shape index (κ1) is 30.7. The topological polar surface area (TPSA) is 83.7 Å². The Labute approximate surface area is 251 Å². The second kappa shape index (κ2) is 12.1. The van der Waals surface area contributed by atoms with Crippen LogP contribution in [0.15, 0.2) is 41.2 Å². The number of alkyl halides is 2. The molecule has 226 valence electrons. The summed E-state index contributed by atoms with van der Waals surface area (Å²) in [7, 11) is 0. The minimum Gasteiger partial charge on any atom is -0.385 e. The van der Waals surface area contributed by atoms with Crippen LogP contribution in [0.5, 0.6) is 0 Å². The molecule has 0 unspecified atom stereocenters. The van der Waals surface area contributed by atoms with Crippen LogP contribution < -0.4 is 10.9 Å². The van der Waals surface area contributed by atoms with Gasteiger partial charge in [0, 0.05) is 59.8 Å². The summed E-state index contributed by atoms with van der Waals surface area (Å²) in [6.45, 7) is 5.92. The summed E-state index contributed by atoms with van der Waals surface area (Å²) in [5.74, 6) is -4.56. The lowest BCUT2D eigenvalue weighted by Crippen LogP contribution is -2.28. The van der Waals surface area contributed by atoms with Gasteiger partial charge >= 0.3 is 0 Å². The highest BCUT2D eigenvalue weighted by Crippen LogP contribution is 2.41. The molecule has 0 bridgehead atoms. The van der Waals surface area contributed by atoms with Gasteiger partial charge < -0.3 is 10.7 Å². The Hall–Kier alpha value is -3.79. The van der Waals surface area contributed by atoms with Crippen molar-refractivity contribution >= 4 is 34.5 Å². The fourth-order valence-corrected chi connectivity index (χ4v) is 6.19. The maximum atomic E-state index is 14.5. The van der Waals surface area contributed by atoms with E-state index in [0.29, 0.717) is 51.2 Å². The molecule has 6 nitrogen and oxygen atoms in total. The quantitative estimate of drug-likeness (QED) is 0.155. The minimum absolute atomic E-state index is 0.161. The Bertz CT molecular complexity index is 1740. The molecule has 1 atom stereocenters. The van der Waals surface area contributed by atoms with E-state index >= 15 is 0 Å². The lowest BCUT2D eigenvalue weighted by Gasteiger charge is -2.28. The molecule has 1 saturated carbocycles. The molecule has 0 spiro atoms. The number of hydrogen-bond acceptors (Lipinski definition) is 5. The van der Waals surface area contributed by atoms with Gasteiger partial charge in [-0.2, -0.15) is 0 Å². The monoisotopic (exact) mass is 613 g/mol. The molecule has 2 N–H and O–H groups in total. The fourth-order valence-electron chi connectivity index (χ4n) is 5.93. The van der Waals surface area contributed by atoms with Crippen LogP contribution in [-0.4, -0.2) is 33.2 Å². The highest BCUT2D eigenvalue weighted by molar-refractivity contribution is 6.33. The Kier molecular flexibility index (Phi) is 8.61. The van der Waals surface area contributed by atoms with E-state index in [9.17, 15) is 22.4 Å². The summed E-state index contributed by atoms with van der Waals surface area (Å²) in [5, 5.41) is 11.7. The van der Waals surface area contributed by atoms with E-state index in [0.717, 1.165) is 12.3 Å². The molecule has 1 aliphatic carbocycles. The van der Waals surface area contributed by atoms with Gasteiger partial charge in [0.15, 0.2) is 5.65 Å². The number of pyridine rings is 1. The molecule has 11 heteroatoms. The van der Waals surface area contributed by atoms with E-state index in [1.165, 1.54) is 16.7 Å². The molecule has 0 amide bonds. The molecule has 4 aromatic rings. The molecule has 1 fully saturated rings. The predicted octanol–water partition coefficient (Wildman–Crippen LogP) is 8.09. The minimum atomic E-state index is -2.70. The first-order chi connectivity index (χ1) is 20.4. The fraction of sp³-hybridized carbons (Fsp3) is 0.375. The van der Waals surface area contributed by atoms with Crippen molar-refractivity contribution in [2.45, 2.75) is 70.6 Å². The van der Waals surface area contributed by atoms with Gasteiger partial charge in [0.25, 0.3) is 5.56 Å². The standard InChI is InChI=1S/C32H32ClF4N5O/c1-4-39-26-15-25(20-7-9-32(36,37)10-8-20)40-29-28(26)31(43)42(27-6-5-24(33)23(16-38)18(27)3)30(41-29)17(2)11-19-12-21(34)14-22(35)13-19/h5-6,12-17,20,38H,4,7-11H2,1-3H3,(H,39,40)/t17-/m0/s1.